The van der Waals surface area contributed by atoms with E-state index in [0.717, 1.165) is 31.1 Å². The van der Waals surface area contributed by atoms with Gasteiger partial charge in [-0.15, -0.1) is 0 Å². The van der Waals surface area contributed by atoms with E-state index in [1.165, 1.54) is 31.2 Å². The van der Waals surface area contributed by atoms with Crippen LogP contribution in [0, 0.1) is 0 Å². The normalized spacial score (nSPS) is 26.8. The number of rotatable bonds is 2. The van der Waals surface area contributed by atoms with Crippen molar-refractivity contribution in [3.05, 3.63) is 23.8 Å². The summed E-state index contributed by atoms with van der Waals surface area (Å²) >= 11 is 0. The van der Waals surface area contributed by atoms with Crippen LogP contribution in [0.5, 0.6) is 11.5 Å². The predicted molar refractivity (Wildman–Crippen MR) is 76.1 cm³/mol. The lowest BCUT2D eigenvalue weighted by Crippen LogP contribution is -2.34. The van der Waals surface area contributed by atoms with Crippen LogP contribution in [0.25, 0.3) is 0 Å². The highest BCUT2D eigenvalue weighted by Gasteiger charge is 2.26. The standard InChI is InChI=1S/C16H23NO2/c1-17-14-6-3-2-5-13(14)12-7-8-15-16(11-12)19-10-4-9-18-15/h7-8,11,13-14,17H,2-6,9-10H2,1H3. The second-order valence-electron chi connectivity index (χ2n) is 5.54. The SMILES string of the molecule is CNC1CCCCC1c1ccc2c(c1)OCCCO2. The van der Waals surface area contributed by atoms with Crippen LogP contribution < -0.4 is 14.8 Å². The second kappa shape index (κ2) is 5.83. The van der Waals surface area contributed by atoms with Gasteiger partial charge in [0, 0.05) is 12.5 Å². The minimum absolute atomic E-state index is 0.596. The smallest absolute Gasteiger partial charge is 0.161 e. The number of benzene rings is 1. The Bertz CT molecular complexity index is 433. The van der Waals surface area contributed by atoms with Crippen LogP contribution >= 0.6 is 0 Å². The summed E-state index contributed by atoms with van der Waals surface area (Å²) in [5, 5.41) is 3.47. The number of nitrogens with one attached hydrogen (secondary N) is 1. The van der Waals surface area contributed by atoms with Crippen molar-refractivity contribution in [1.29, 1.82) is 0 Å². The van der Waals surface area contributed by atoms with Crippen molar-refractivity contribution >= 4 is 0 Å². The van der Waals surface area contributed by atoms with Crippen molar-refractivity contribution in [2.45, 2.75) is 44.1 Å². The van der Waals surface area contributed by atoms with E-state index in [9.17, 15) is 0 Å². The Kier molecular flexibility index (Phi) is 3.92. The van der Waals surface area contributed by atoms with E-state index in [0.29, 0.717) is 12.0 Å². The van der Waals surface area contributed by atoms with Gasteiger partial charge in [0.1, 0.15) is 0 Å². The lowest BCUT2D eigenvalue weighted by atomic mass is 9.80. The first-order valence-electron chi connectivity index (χ1n) is 7.45. The summed E-state index contributed by atoms with van der Waals surface area (Å²) in [5.74, 6) is 2.43. The van der Waals surface area contributed by atoms with E-state index >= 15 is 0 Å². The van der Waals surface area contributed by atoms with E-state index in [4.69, 9.17) is 9.47 Å². The third-order valence-electron chi connectivity index (χ3n) is 4.34. The largest absolute Gasteiger partial charge is 0.490 e. The van der Waals surface area contributed by atoms with Crippen molar-refractivity contribution in [3.8, 4) is 11.5 Å². The fourth-order valence-electron chi connectivity index (χ4n) is 3.29. The van der Waals surface area contributed by atoms with Crippen LogP contribution in [-0.2, 0) is 0 Å². The van der Waals surface area contributed by atoms with Gasteiger partial charge in [0.05, 0.1) is 13.2 Å². The molecule has 0 amide bonds. The molecule has 1 heterocycles. The van der Waals surface area contributed by atoms with Crippen molar-refractivity contribution in [3.63, 3.8) is 0 Å². The van der Waals surface area contributed by atoms with Crippen LogP contribution in [-0.4, -0.2) is 26.3 Å². The van der Waals surface area contributed by atoms with E-state index in [2.05, 4.69) is 30.6 Å². The first-order valence-corrected chi connectivity index (χ1v) is 7.45. The van der Waals surface area contributed by atoms with Gasteiger partial charge in [0.2, 0.25) is 0 Å². The maximum atomic E-state index is 5.80. The molecule has 1 fully saturated rings. The molecule has 2 aliphatic rings. The van der Waals surface area contributed by atoms with E-state index in [1.807, 2.05) is 0 Å². The van der Waals surface area contributed by atoms with Crippen LogP contribution in [0.15, 0.2) is 18.2 Å². The Hall–Kier alpha value is -1.22. The molecule has 3 heteroatoms. The minimum Gasteiger partial charge on any atom is -0.490 e. The van der Waals surface area contributed by atoms with Crippen LogP contribution in [0.1, 0.15) is 43.6 Å². The molecule has 104 valence electrons. The minimum atomic E-state index is 0.596. The fourth-order valence-corrected chi connectivity index (χ4v) is 3.29. The highest BCUT2D eigenvalue weighted by Crippen LogP contribution is 2.38. The number of likely N-dealkylation sites (N-methyl/N-ethyl adjacent to an activating group) is 1. The van der Waals surface area contributed by atoms with Gasteiger partial charge in [-0.05, 0) is 43.5 Å². The molecule has 1 aliphatic heterocycles. The third-order valence-corrected chi connectivity index (χ3v) is 4.34. The zero-order valence-corrected chi connectivity index (χ0v) is 11.7. The maximum Gasteiger partial charge on any atom is 0.161 e. The molecule has 1 saturated carbocycles. The first-order chi connectivity index (χ1) is 9.38. The number of hydrogen-bond acceptors (Lipinski definition) is 3. The van der Waals surface area contributed by atoms with Gasteiger partial charge in [-0.25, -0.2) is 0 Å². The molecule has 2 unspecified atom stereocenters. The monoisotopic (exact) mass is 261 g/mol. The number of fused-ring (bicyclic) bond motifs is 1. The molecule has 3 rings (SSSR count). The summed E-state index contributed by atoms with van der Waals surface area (Å²) in [6.45, 7) is 1.52. The average Bonchev–Trinajstić information content (AvgIpc) is 2.71. The highest BCUT2D eigenvalue weighted by molar-refractivity contribution is 5.44. The summed E-state index contributed by atoms with van der Waals surface area (Å²) in [5.41, 5.74) is 1.39. The highest BCUT2D eigenvalue weighted by atomic mass is 16.5. The van der Waals surface area contributed by atoms with Crippen molar-refractivity contribution < 1.29 is 9.47 Å². The molecule has 1 aromatic rings. The summed E-state index contributed by atoms with van der Waals surface area (Å²) in [4.78, 5) is 0. The average molecular weight is 261 g/mol. The van der Waals surface area contributed by atoms with Crippen molar-refractivity contribution in [2.24, 2.45) is 0 Å². The molecule has 0 radical (unpaired) electrons. The molecule has 0 spiro atoms. The number of ether oxygens (including phenoxy) is 2. The molecular formula is C16H23NO2. The van der Waals surface area contributed by atoms with Gasteiger partial charge in [-0.3, -0.25) is 0 Å². The molecule has 3 nitrogen and oxygen atoms in total. The van der Waals surface area contributed by atoms with Gasteiger partial charge >= 0.3 is 0 Å². The first kappa shape index (κ1) is 12.8. The molecule has 1 N–H and O–H groups in total. The van der Waals surface area contributed by atoms with Gasteiger partial charge in [0.15, 0.2) is 11.5 Å². The molecule has 1 aliphatic carbocycles. The zero-order chi connectivity index (χ0) is 13.1. The van der Waals surface area contributed by atoms with Crippen LogP contribution in [0.2, 0.25) is 0 Å². The Labute approximate surface area is 115 Å². The van der Waals surface area contributed by atoms with Crippen LogP contribution in [0.3, 0.4) is 0 Å². The Morgan fingerprint density at radius 2 is 1.79 bits per heavy atom. The quantitative estimate of drug-likeness (QED) is 0.887. The zero-order valence-electron chi connectivity index (χ0n) is 11.7. The van der Waals surface area contributed by atoms with Gasteiger partial charge in [0.25, 0.3) is 0 Å². The Balaban J connectivity index is 1.86. The Morgan fingerprint density at radius 1 is 1.00 bits per heavy atom. The molecule has 0 saturated heterocycles. The lowest BCUT2D eigenvalue weighted by molar-refractivity contribution is 0.296. The van der Waals surface area contributed by atoms with Gasteiger partial charge < -0.3 is 14.8 Å². The summed E-state index contributed by atoms with van der Waals surface area (Å²) in [7, 11) is 2.08. The maximum absolute atomic E-state index is 5.80. The molecule has 2 atom stereocenters. The lowest BCUT2D eigenvalue weighted by Gasteiger charge is -2.32. The summed E-state index contributed by atoms with van der Waals surface area (Å²) in [6.07, 6.45) is 6.18. The molecule has 0 bridgehead atoms. The van der Waals surface area contributed by atoms with Crippen molar-refractivity contribution in [1.82, 2.24) is 5.32 Å². The van der Waals surface area contributed by atoms with Gasteiger partial charge in [-0.2, -0.15) is 0 Å². The van der Waals surface area contributed by atoms with E-state index in [1.54, 1.807) is 0 Å². The topological polar surface area (TPSA) is 30.5 Å². The Morgan fingerprint density at radius 3 is 2.63 bits per heavy atom. The predicted octanol–water partition coefficient (Wildman–Crippen LogP) is 3.09. The summed E-state index contributed by atoms with van der Waals surface area (Å²) in [6, 6.07) is 7.09. The third kappa shape index (κ3) is 2.71. The number of hydrogen-bond donors (Lipinski definition) is 1. The molecule has 1 aromatic carbocycles. The molecule has 19 heavy (non-hydrogen) atoms. The fraction of sp³-hybridized carbons (Fsp3) is 0.625. The van der Waals surface area contributed by atoms with E-state index in [-0.39, 0.29) is 0 Å². The second-order valence-corrected chi connectivity index (χ2v) is 5.54. The molecule has 0 aromatic heterocycles. The molecular weight excluding hydrogens is 238 g/mol. The van der Waals surface area contributed by atoms with Crippen molar-refractivity contribution in [2.75, 3.05) is 20.3 Å². The summed E-state index contributed by atoms with van der Waals surface area (Å²) < 4.78 is 11.5. The van der Waals surface area contributed by atoms with Crippen LogP contribution in [0.4, 0.5) is 0 Å². The van der Waals surface area contributed by atoms with E-state index < -0.39 is 0 Å². The van der Waals surface area contributed by atoms with Gasteiger partial charge in [-0.1, -0.05) is 18.9 Å².